The highest BCUT2D eigenvalue weighted by Crippen LogP contribution is 2.20. The molecule has 0 fully saturated rings. The first-order valence-electron chi connectivity index (χ1n) is 4.70. The van der Waals surface area contributed by atoms with Gasteiger partial charge < -0.3 is 21.2 Å². The maximum atomic E-state index is 6.05. The van der Waals surface area contributed by atoms with Crippen LogP contribution in [0.3, 0.4) is 0 Å². The number of nitrogens with one attached hydrogen (secondary N) is 1. The predicted octanol–water partition coefficient (Wildman–Crippen LogP) is 0.217. The van der Waals surface area contributed by atoms with Gasteiger partial charge in [-0.2, -0.15) is 0 Å². The van der Waals surface area contributed by atoms with E-state index < -0.39 is 5.66 Å². The number of nitrogens with zero attached hydrogens (tertiary/aromatic N) is 1. The van der Waals surface area contributed by atoms with Crippen molar-refractivity contribution in [2.45, 2.75) is 19.0 Å². The molecule has 1 atom stereocenters. The molecule has 80 valence electrons. The first kappa shape index (κ1) is 9.79. The molecule has 0 saturated carbocycles. The fourth-order valence-electron chi connectivity index (χ4n) is 1.47. The van der Waals surface area contributed by atoms with Crippen LogP contribution >= 0.6 is 0 Å². The van der Waals surface area contributed by atoms with Crippen LogP contribution in [0.1, 0.15) is 11.5 Å². The number of nitrogens with two attached hydrogens (primary N) is 2. The second-order valence-corrected chi connectivity index (χ2v) is 3.64. The molecule has 1 unspecified atom stereocenters. The van der Waals surface area contributed by atoms with Gasteiger partial charge in [0.1, 0.15) is 11.5 Å². The number of hydrogen-bond donors (Lipinski definition) is 3. The highest BCUT2D eigenvalue weighted by molar-refractivity contribution is 5.59. The van der Waals surface area contributed by atoms with Crippen molar-refractivity contribution in [2.24, 2.45) is 16.5 Å². The second-order valence-electron chi connectivity index (χ2n) is 3.64. The first-order valence-corrected chi connectivity index (χ1v) is 4.70. The van der Waals surface area contributed by atoms with Crippen LogP contribution in [0, 0.1) is 6.92 Å². The molecule has 1 aromatic rings. The Labute approximate surface area is 87.8 Å². The van der Waals surface area contributed by atoms with Gasteiger partial charge in [-0.3, -0.25) is 0 Å². The normalized spacial score (nSPS) is 24.8. The van der Waals surface area contributed by atoms with Crippen molar-refractivity contribution in [2.75, 3.05) is 0 Å². The smallest absolute Gasteiger partial charge is 0.158 e. The quantitative estimate of drug-likeness (QED) is 0.645. The highest BCUT2D eigenvalue weighted by atomic mass is 16.3. The average molecular weight is 206 g/mol. The Hall–Kier alpha value is -1.75. The summed E-state index contributed by atoms with van der Waals surface area (Å²) in [6.07, 6.45) is 3.64. The number of furan rings is 1. The van der Waals surface area contributed by atoms with E-state index in [4.69, 9.17) is 15.9 Å². The molecule has 0 amide bonds. The number of aryl methyl sites for hydroxylation is 1. The van der Waals surface area contributed by atoms with Crippen molar-refractivity contribution in [3.05, 3.63) is 35.6 Å². The fraction of sp³-hybridized carbons (Fsp3) is 0.300. The summed E-state index contributed by atoms with van der Waals surface area (Å²) in [5, 5.41) is 2.79. The van der Waals surface area contributed by atoms with Crippen molar-refractivity contribution >= 4 is 6.34 Å². The summed E-state index contributed by atoms with van der Waals surface area (Å²) in [6.45, 7) is 1.89. The lowest BCUT2D eigenvalue weighted by Gasteiger charge is -2.26. The van der Waals surface area contributed by atoms with Gasteiger partial charge in [0.2, 0.25) is 0 Å². The minimum Gasteiger partial charge on any atom is -0.466 e. The molecule has 0 spiro atoms. The largest absolute Gasteiger partial charge is 0.466 e. The zero-order valence-electron chi connectivity index (χ0n) is 8.53. The lowest BCUT2D eigenvalue weighted by Crippen LogP contribution is -2.48. The Morgan fingerprint density at radius 3 is 2.93 bits per heavy atom. The van der Waals surface area contributed by atoms with Crippen LogP contribution in [0.4, 0.5) is 0 Å². The van der Waals surface area contributed by atoms with Crippen molar-refractivity contribution in [1.82, 2.24) is 5.32 Å². The zero-order chi connectivity index (χ0) is 10.9. The zero-order valence-corrected chi connectivity index (χ0v) is 8.53. The maximum absolute atomic E-state index is 6.05. The third-order valence-electron chi connectivity index (χ3n) is 2.35. The van der Waals surface area contributed by atoms with Gasteiger partial charge >= 0.3 is 0 Å². The van der Waals surface area contributed by atoms with Gasteiger partial charge in [-0.1, -0.05) is 0 Å². The van der Waals surface area contributed by atoms with Gasteiger partial charge in [-0.05, 0) is 19.1 Å². The molecule has 1 aromatic heterocycles. The summed E-state index contributed by atoms with van der Waals surface area (Å²) >= 11 is 0. The summed E-state index contributed by atoms with van der Waals surface area (Å²) in [7, 11) is 0. The van der Waals surface area contributed by atoms with Crippen LogP contribution in [0.15, 0.2) is 33.4 Å². The molecule has 0 aromatic carbocycles. The molecule has 2 rings (SSSR count). The third kappa shape index (κ3) is 1.87. The van der Waals surface area contributed by atoms with Crippen LogP contribution in [0.2, 0.25) is 0 Å². The molecule has 0 aliphatic carbocycles. The number of aliphatic imine (C=N–C) groups is 1. The minimum atomic E-state index is -0.893. The van der Waals surface area contributed by atoms with Gasteiger partial charge in [-0.25, -0.2) is 4.99 Å². The topological polar surface area (TPSA) is 89.6 Å². The Morgan fingerprint density at radius 1 is 1.53 bits per heavy atom. The first-order chi connectivity index (χ1) is 7.10. The van der Waals surface area contributed by atoms with Crippen molar-refractivity contribution in [1.29, 1.82) is 0 Å². The molecular formula is C10H14N4O. The van der Waals surface area contributed by atoms with E-state index in [1.54, 1.807) is 6.20 Å². The lowest BCUT2D eigenvalue weighted by molar-refractivity contribution is 0.416. The van der Waals surface area contributed by atoms with E-state index >= 15 is 0 Å². The second kappa shape index (κ2) is 3.43. The molecule has 5 nitrogen and oxygen atoms in total. The molecular weight excluding hydrogens is 192 g/mol. The van der Waals surface area contributed by atoms with Gasteiger partial charge in [0.05, 0.1) is 12.0 Å². The van der Waals surface area contributed by atoms with Gasteiger partial charge in [0.25, 0.3) is 0 Å². The summed E-state index contributed by atoms with van der Waals surface area (Å²) < 4.78 is 5.44. The summed E-state index contributed by atoms with van der Waals surface area (Å²) in [4.78, 5) is 4.14. The monoisotopic (exact) mass is 206 g/mol. The third-order valence-corrected chi connectivity index (χ3v) is 2.35. The van der Waals surface area contributed by atoms with Gasteiger partial charge in [0.15, 0.2) is 5.66 Å². The Morgan fingerprint density at radius 2 is 2.33 bits per heavy atom. The van der Waals surface area contributed by atoms with Crippen LogP contribution < -0.4 is 16.8 Å². The SMILES string of the molecule is Cc1ccc(CC2(N)N=CNC=C2N)o1. The number of hydrogen-bond acceptors (Lipinski definition) is 5. The van der Waals surface area contributed by atoms with Crippen LogP contribution in [0.5, 0.6) is 0 Å². The lowest BCUT2D eigenvalue weighted by atomic mass is 10.0. The Balaban J connectivity index is 2.20. The molecule has 1 aliphatic rings. The Kier molecular flexibility index (Phi) is 2.24. The average Bonchev–Trinajstić information content (AvgIpc) is 2.57. The molecule has 0 bridgehead atoms. The van der Waals surface area contributed by atoms with E-state index in [-0.39, 0.29) is 0 Å². The van der Waals surface area contributed by atoms with Crippen LogP contribution in [-0.2, 0) is 6.42 Å². The molecule has 5 N–H and O–H groups in total. The highest BCUT2D eigenvalue weighted by Gasteiger charge is 2.30. The maximum Gasteiger partial charge on any atom is 0.158 e. The predicted molar refractivity (Wildman–Crippen MR) is 58.0 cm³/mol. The van der Waals surface area contributed by atoms with E-state index in [0.29, 0.717) is 12.1 Å². The molecule has 2 heterocycles. The molecule has 15 heavy (non-hydrogen) atoms. The van der Waals surface area contributed by atoms with Gasteiger partial charge in [0, 0.05) is 12.6 Å². The van der Waals surface area contributed by atoms with E-state index in [1.165, 1.54) is 6.34 Å². The van der Waals surface area contributed by atoms with Crippen molar-refractivity contribution < 1.29 is 4.42 Å². The molecule has 5 heteroatoms. The van der Waals surface area contributed by atoms with Gasteiger partial charge in [-0.15, -0.1) is 0 Å². The molecule has 0 saturated heterocycles. The molecule has 1 aliphatic heterocycles. The van der Waals surface area contributed by atoms with Crippen LogP contribution in [-0.4, -0.2) is 12.0 Å². The van der Waals surface area contributed by atoms with E-state index in [1.807, 2.05) is 19.1 Å². The van der Waals surface area contributed by atoms with E-state index in [2.05, 4.69) is 10.3 Å². The summed E-state index contributed by atoms with van der Waals surface area (Å²) in [5.74, 6) is 1.64. The standard InChI is InChI=1S/C10H14N4O/c1-7-2-3-8(15-7)4-10(12)9(11)5-13-6-14-10/h2-3,5-6H,4,11-12H2,1H3,(H,13,14). The fourth-order valence-corrected chi connectivity index (χ4v) is 1.47. The minimum absolute atomic E-state index is 0.460. The Bertz CT molecular complexity index is 421. The number of rotatable bonds is 2. The van der Waals surface area contributed by atoms with E-state index in [9.17, 15) is 0 Å². The summed E-state index contributed by atoms with van der Waals surface area (Å²) in [6, 6.07) is 3.78. The van der Waals surface area contributed by atoms with Crippen molar-refractivity contribution in [3.63, 3.8) is 0 Å². The van der Waals surface area contributed by atoms with Crippen molar-refractivity contribution in [3.8, 4) is 0 Å². The summed E-state index contributed by atoms with van der Waals surface area (Å²) in [5.41, 5.74) is 11.4. The molecule has 0 radical (unpaired) electrons. The van der Waals surface area contributed by atoms with Crippen LogP contribution in [0.25, 0.3) is 0 Å². The van der Waals surface area contributed by atoms with E-state index in [0.717, 1.165) is 11.5 Å².